The van der Waals surface area contributed by atoms with Crippen molar-refractivity contribution in [2.45, 2.75) is 205 Å². The van der Waals surface area contributed by atoms with E-state index in [-0.39, 0.29) is 67.8 Å². The normalized spacial score (nSPS) is 25.4. The lowest BCUT2D eigenvalue weighted by Crippen LogP contribution is -2.81. The lowest BCUT2D eigenvalue weighted by atomic mass is 9.45. The third kappa shape index (κ3) is 18.6. The van der Waals surface area contributed by atoms with Crippen LogP contribution in [0.15, 0.2) is 102 Å². The molecule has 0 radical (unpaired) electrons. The van der Waals surface area contributed by atoms with Gasteiger partial charge < -0.3 is 91.6 Å². The predicted molar refractivity (Wildman–Crippen MR) is 359 cm³/mol. The summed E-state index contributed by atoms with van der Waals surface area (Å²) in [5.41, 5.74) is -3.03. The van der Waals surface area contributed by atoms with Crippen molar-refractivity contribution in [3.8, 4) is 0 Å². The van der Waals surface area contributed by atoms with Gasteiger partial charge in [-0.3, -0.25) is 47.9 Å². The van der Waals surface area contributed by atoms with Crippen LogP contribution in [0.4, 0.5) is 0 Å². The van der Waals surface area contributed by atoms with Gasteiger partial charge in [0.05, 0.1) is 48.1 Å². The summed E-state index contributed by atoms with van der Waals surface area (Å²) in [6.45, 7) is 13.4. The number of aliphatic hydroxyl groups excluding tert-OH is 3. The minimum atomic E-state index is -2.60. The number of hydrogen-bond acceptors (Lipinski definition) is 24. The predicted octanol–water partition coefficient (Wildman–Crippen LogP) is 1.21. The number of Topliss-reactive ketones (excluding diaryl/α,β-unsaturated/α-hetero) is 1. The fourth-order valence-corrected chi connectivity index (χ4v) is 14.1. The number of aliphatic hydroxyl groups is 5. The summed E-state index contributed by atoms with van der Waals surface area (Å²) in [4.78, 5) is 168. The van der Waals surface area contributed by atoms with Gasteiger partial charge in [0.15, 0.2) is 23.8 Å². The second-order valence-electron chi connectivity index (χ2n) is 27.8. The number of esters is 5. The molecule has 16 atom stereocenters. The van der Waals surface area contributed by atoms with Gasteiger partial charge in [-0.05, 0) is 81.4 Å². The molecular weight excluding hydrogens is 1330 g/mol. The number of nitrogens with one attached hydrogen (secondary N) is 6. The number of ketones is 1. The fraction of sp³-hybridized carbons (Fsp3) is 0.556. The molecule has 13 N–H and O–H groups in total. The van der Waals surface area contributed by atoms with Crippen molar-refractivity contribution in [2.24, 2.45) is 34.3 Å². The van der Waals surface area contributed by atoms with E-state index in [0.29, 0.717) is 5.56 Å². The SMILES string of the molecule is CC(=O)OC1=C2C(C)[C@@H](OC(=O)[C@H](O)[C@@H](NC(=O)c3ccccc3)c3ccccc3)C[C@@](O)([C@@H](OC(=O)c3ccccc3)C3[C@](C)(C1=O)[C@@H](OC(=O)CCCNC(=O)[C@@H](CC(C)C)NC(=O)[C@@H](CC(N)=O)NC(=O)[C@@H](C)NC(=O)[C@@H](C)NC[C@@H](O)CCC(O)O)C[C@H]1OC[C@@]31OC(C)=O)C2(C)C. The van der Waals surface area contributed by atoms with Crippen LogP contribution in [-0.4, -0.2) is 195 Å². The Morgan fingerprint density at radius 1 is 0.706 bits per heavy atom. The Morgan fingerprint density at radius 2 is 1.30 bits per heavy atom. The number of amides is 6. The third-order valence-corrected chi connectivity index (χ3v) is 19.5. The van der Waals surface area contributed by atoms with E-state index in [9.17, 15) is 68.1 Å². The highest BCUT2D eigenvalue weighted by Crippen LogP contribution is 2.65. The number of benzene rings is 3. The molecule has 6 amide bonds. The highest BCUT2D eigenvalue weighted by atomic mass is 16.6. The highest BCUT2D eigenvalue weighted by molar-refractivity contribution is 6.03. The van der Waals surface area contributed by atoms with Gasteiger partial charge in [0, 0.05) is 69.5 Å². The van der Waals surface area contributed by atoms with E-state index in [1.165, 1.54) is 65.8 Å². The van der Waals surface area contributed by atoms with Crippen molar-refractivity contribution in [3.05, 3.63) is 119 Å². The molecular formula is C72H95N7O23. The van der Waals surface area contributed by atoms with E-state index in [0.717, 1.165) is 13.8 Å². The van der Waals surface area contributed by atoms with Gasteiger partial charge in [0.25, 0.3) is 5.91 Å². The Bertz CT molecular complexity index is 3590. The number of allylic oxidation sites excluding steroid dienone is 1. The van der Waals surface area contributed by atoms with E-state index < -0.39 is 210 Å². The summed E-state index contributed by atoms with van der Waals surface area (Å²) >= 11 is 0. The van der Waals surface area contributed by atoms with Crippen molar-refractivity contribution in [3.63, 3.8) is 0 Å². The standard InChI is InChI=1S/C72H95N7O23/c1-37(2)31-47(78-66(93)48(32-52(73)83)77-63(90)40(5)76-62(89)39(4)75-35-46(82)28-29-53(84)85)65(92)74-30-20-27-54(86)100-50-33-51-71(36-97-51,102-42(7)81)59-61(101-67(94)45-25-18-13-19-26-45)72(96)34-49(38(3)55(69(72,8)9)58(98-41(6)80)60(88)70(50,59)10)99-68(95)57(87)56(43-21-14-11-15-22-43)79-64(91)44-23-16-12-17-24-44/h11-19,21-26,37-40,46-51,53,56-57,59,61,75,82,84-85,87,96H,20,27-36H2,1-10H3,(H2,73,83)(H,74,92)(H,76,89)(H,77,90)(H,78,93)(H,79,91)/t38?,39-,40-,46+,47-,48-,49+,50+,51-,56+,57-,59?,61+,70-,71+,72-/m1/s1. The highest BCUT2D eigenvalue weighted by Gasteiger charge is 2.79. The maximum Gasteiger partial charge on any atom is 0.338 e. The maximum atomic E-state index is 16.5. The van der Waals surface area contributed by atoms with E-state index >= 15 is 4.79 Å². The van der Waals surface area contributed by atoms with Gasteiger partial charge in [-0.2, -0.15) is 0 Å². The van der Waals surface area contributed by atoms with Gasteiger partial charge in [-0.1, -0.05) is 101 Å². The molecule has 2 saturated carbocycles. The minimum absolute atomic E-state index is 0.0189. The topological polar surface area (TPSA) is 460 Å². The van der Waals surface area contributed by atoms with E-state index in [1.54, 1.807) is 80.6 Å². The molecule has 1 aliphatic heterocycles. The second-order valence-corrected chi connectivity index (χ2v) is 27.8. The molecule has 0 spiro atoms. The number of rotatable bonds is 32. The largest absolute Gasteiger partial charge is 0.461 e. The molecule has 30 heteroatoms. The Hall–Kier alpha value is -9.04. The smallest absolute Gasteiger partial charge is 0.338 e. The molecule has 102 heavy (non-hydrogen) atoms. The van der Waals surface area contributed by atoms with Crippen molar-refractivity contribution in [1.82, 2.24) is 31.9 Å². The molecule has 0 aromatic heterocycles. The van der Waals surface area contributed by atoms with Gasteiger partial charge in [0.2, 0.25) is 35.3 Å². The molecule has 7 rings (SSSR count). The van der Waals surface area contributed by atoms with Crippen molar-refractivity contribution >= 4 is 71.1 Å². The monoisotopic (exact) mass is 1430 g/mol. The Balaban J connectivity index is 1.17. The zero-order valence-electron chi connectivity index (χ0n) is 58.8. The summed E-state index contributed by atoms with van der Waals surface area (Å²) < 4.78 is 37.5. The van der Waals surface area contributed by atoms with Crippen LogP contribution in [0, 0.1) is 28.6 Å². The molecule has 2 bridgehead atoms. The van der Waals surface area contributed by atoms with Crippen LogP contribution in [-0.2, 0) is 76.4 Å². The molecule has 556 valence electrons. The minimum Gasteiger partial charge on any atom is -0.461 e. The van der Waals surface area contributed by atoms with Crippen molar-refractivity contribution in [1.29, 1.82) is 0 Å². The molecule has 4 aliphatic rings. The molecule has 3 fully saturated rings. The van der Waals surface area contributed by atoms with Crippen LogP contribution in [0.2, 0.25) is 0 Å². The Labute approximate surface area is 590 Å². The van der Waals surface area contributed by atoms with E-state index in [2.05, 4.69) is 31.9 Å². The van der Waals surface area contributed by atoms with Crippen LogP contribution in [0.25, 0.3) is 0 Å². The summed E-state index contributed by atoms with van der Waals surface area (Å²) in [6.07, 6.45) is -13.8. The zero-order valence-corrected chi connectivity index (χ0v) is 58.8. The summed E-state index contributed by atoms with van der Waals surface area (Å²) in [6, 6.07) is 17.0. The summed E-state index contributed by atoms with van der Waals surface area (Å²) in [7, 11) is 0. The first-order valence-electron chi connectivity index (χ1n) is 34.0. The van der Waals surface area contributed by atoms with Crippen LogP contribution < -0.4 is 37.6 Å². The number of nitrogens with two attached hydrogens (primary N) is 1. The Morgan fingerprint density at radius 3 is 1.87 bits per heavy atom. The molecule has 30 nitrogen and oxygen atoms in total. The molecule has 2 unspecified atom stereocenters. The summed E-state index contributed by atoms with van der Waals surface area (Å²) in [5, 5.41) is 70.1. The average Bonchev–Trinajstić information content (AvgIpc) is 0.668. The van der Waals surface area contributed by atoms with E-state index in [1.807, 2.05) is 0 Å². The number of ether oxygens (including phenoxy) is 6. The van der Waals surface area contributed by atoms with Gasteiger partial charge in [-0.15, -0.1) is 0 Å². The number of primary amides is 1. The van der Waals surface area contributed by atoms with Crippen LogP contribution in [0.5, 0.6) is 0 Å². The molecule has 3 aromatic carbocycles. The molecule has 3 aliphatic carbocycles. The van der Waals surface area contributed by atoms with E-state index in [4.69, 9.17) is 44.4 Å². The van der Waals surface area contributed by atoms with Gasteiger partial charge in [0.1, 0.15) is 48.1 Å². The lowest BCUT2D eigenvalue weighted by molar-refractivity contribution is -0.346. The maximum absolute atomic E-state index is 16.5. The molecule has 1 saturated heterocycles. The van der Waals surface area contributed by atoms with Crippen molar-refractivity contribution in [2.75, 3.05) is 19.7 Å². The number of carbonyl (C=O) groups is 12. The van der Waals surface area contributed by atoms with Crippen LogP contribution >= 0.6 is 0 Å². The molecule has 1 heterocycles. The van der Waals surface area contributed by atoms with Gasteiger partial charge >= 0.3 is 29.8 Å². The number of fused-ring (bicyclic) bond motifs is 5. The quantitative estimate of drug-likeness (QED) is 0.0181. The first-order valence-corrected chi connectivity index (χ1v) is 34.0. The lowest BCUT2D eigenvalue weighted by Gasteiger charge is -2.67. The van der Waals surface area contributed by atoms with Crippen LogP contribution in [0.3, 0.4) is 0 Å². The van der Waals surface area contributed by atoms with Crippen LogP contribution in [0.1, 0.15) is 153 Å². The first-order chi connectivity index (χ1) is 48.0. The first kappa shape index (κ1) is 80.3. The number of hydrogen-bond donors (Lipinski definition) is 12. The fourth-order valence-electron chi connectivity index (χ4n) is 14.1. The summed E-state index contributed by atoms with van der Waals surface area (Å²) in [5.74, 6) is -15.3. The van der Waals surface area contributed by atoms with Crippen molar-refractivity contribution < 1.29 is 111 Å². The zero-order chi connectivity index (χ0) is 75.3. The third-order valence-electron chi connectivity index (χ3n) is 19.5. The average molecular weight is 1430 g/mol. The number of carbonyl (C=O) groups excluding carboxylic acids is 12. The second kappa shape index (κ2) is 34.3. The Kier molecular flexibility index (Phi) is 27.0. The molecule has 3 aromatic rings. The van der Waals surface area contributed by atoms with Gasteiger partial charge in [-0.25, -0.2) is 9.59 Å².